The molecule has 3 N–H and O–H groups in total. The van der Waals surface area contributed by atoms with Gasteiger partial charge in [-0.3, -0.25) is 4.98 Å². The molecule has 0 saturated carbocycles. The van der Waals surface area contributed by atoms with Gasteiger partial charge in [-0.1, -0.05) is 24.3 Å². The Labute approximate surface area is 100 Å². The summed E-state index contributed by atoms with van der Waals surface area (Å²) in [6.07, 6.45) is 1.24. The number of pyridine rings is 1. The monoisotopic (exact) mass is 232 g/mol. The first kappa shape index (κ1) is 13.3. The fraction of sp³-hybridized carbons (Fsp3) is 0.231. The molecule has 4 nitrogen and oxygen atoms in total. The topological polar surface area (TPSA) is 76.2 Å². The lowest BCUT2D eigenvalue weighted by Gasteiger charge is -2.04. The molecule has 0 radical (unpaired) electrons. The molecular weight excluding hydrogens is 216 g/mol. The predicted octanol–water partition coefficient (Wildman–Crippen LogP) is 0.912. The summed E-state index contributed by atoms with van der Waals surface area (Å²) in [6.45, 7) is 0. The summed E-state index contributed by atoms with van der Waals surface area (Å²) in [5.41, 5.74) is 7.33. The minimum Gasteiger partial charge on any atom is -0.400 e. The van der Waals surface area contributed by atoms with E-state index in [4.69, 9.17) is 10.8 Å². The summed E-state index contributed by atoms with van der Waals surface area (Å²) in [7, 11) is 1.00. The standard InChI is InChI=1S/C12H12N2O.CH4O/c13-10(8-15)7-11-6-5-9-3-1-2-4-12(9)14-11;1-2/h1-6,8,10H,7,13H2;2H,1H3. The SMILES string of the molecule is CO.NC(C=O)Cc1ccc2ccccc2n1. The van der Waals surface area contributed by atoms with Crippen LogP contribution >= 0.6 is 0 Å². The van der Waals surface area contributed by atoms with Crippen LogP contribution in [0.1, 0.15) is 5.69 Å². The van der Waals surface area contributed by atoms with Gasteiger partial charge in [-0.25, -0.2) is 0 Å². The first-order valence-corrected chi connectivity index (χ1v) is 5.30. The van der Waals surface area contributed by atoms with Crippen molar-refractivity contribution < 1.29 is 9.90 Å². The lowest BCUT2D eigenvalue weighted by atomic mass is 10.1. The highest BCUT2D eigenvalue weighted by atomic mass is 16.2. The number of rotatable bonds is 3. The normalized spacial score (nSPS) is 11.5. The number of aliphatic hydroxyl groups is 1. The second-order valence-electron chi connectivity index (χ2n) is 3.50. The zero-order valence-corrected chi connectivity index (χ0v) is 9.71. The minimum absolute atomic E-state index is 0.460. The molecular formula is C13H16N2O2. The number of fused-ring (bicyclic) bond motifs is 1. The average Bonchev–Trinajstić information content (AvgIpc) is 2.41. The lowest BCUT2D eigenvalue weighted by molar-refractivity contribution is -0.108. The van der Waals surface area contributed by atoms with Crippen molar-refractivity contribution in [3.63, 3.8) is 0 Å². The molecule has 1 heterocycles. The third-order valence-electron chi connectivity index (χ3n) is 2.28. The van der Waals surface area contributed by atoms with E-state index >= 15 is 0 Å². The van der Waals surface area contributed by atoms with Gasteiger partial charge in [-0.05, 0) is 12.1 Å². The number of nitrogens with two attached hydrogens (primary N) is 1. The highest BCUT2D eigenvalue weighted by Crippen LogP contribution is 2.12. The summed E-state index contributed by atoms with van der Waals surface area (Å²) in [4.78, 5) is 14.8. The molecule has 17 heavy (non-hydrogen) atoms. The molecule has 90 valence electrons. The van der Waals surface area contributed by atoms with E-state index in [0.717, 1.165) is 30.0 Å². The van der Waals surface area contributed by atoms with Crippen molar-refractivity contribution >= 4 is 17.2 Å². The number of nitrogens with zero attached hydrogens (tertiary/aromatic N) is 1. The van der Waals surface area contributed by atoms with Crippen LogP contribution in [0.3, 0.4) is 0 Å². The van der Waals surface area contributed by atoms with E-state index < -0.39 is 6.04 Å². The molecule has 0 aliphatic heterocycles. The van der Waals surface area contributed by atoms with E-state index in [1.54, 1.807) is 0 Å². The van der Waals surface area contributed by atoms with Crippen molar-refractivity contribution in [1.29, 1.82) is 0 Å². The first-order valence-electron chi connectivity index (χ1n) is 5.30. The van der Waals surface area contributed by atoms with Crippen LogP contribution in [0.2, 0.25) is 0 Å². The zero-order valence-electron chi connectivity index (χ0n) is 9.71. The maximum Gasteiger partial charge on any atom is 0.137 e. The van der Waals surface area contributed by atoms with Gasteiger partial charge in [0.2, 0.25) is 0 Å². The van der Waals surface area contributed by atoms with Gasteiger partial charge < -0.3 is 15.6 Å². The quantitative estimate of drug-likeness (QED) is 0.771. The highest BCUT2D eigenvalue weighted by Gasteiger charge is 2.03. The van der Waals surface area contributed by atoms with Crippen LogP contribution in [0.4, 0.5) is 0 Å². The largest absolute Gasteiger partial charge is 0.400 e. The van der Waals surface area contributed by atoms with E-state index in [0.29, 0.717) is 6.42 Å². The van der Waals surface area contributed by atoms with Gasteiger partial charge >= 0.3 is 0 Å². The number of aliphatic hydroxyl groups excluding tert-OH is 1. The Hall–Kier alpha value is -1.78. The fourth-order valence-electron chi connectivity index (χ4n) is 1.51. The first-order chi connectivity index (χ1) is 8.29. The molecule has 1 aromatic heterocycles. The maximum absolute atomic E-state index is 10.4. The Bertz CT molecular complexity index is 486. The van der Waals surface area contributed by atoms with Crippen LogP contribution in [0.15, 0.2) is 36.4 Å². The van der Waals surface area contributed by atoms with Gasteiger partial charge in [0, 0.05) is 24.6 Å². The molecule has 0 spiro atoms. The fourth-order valence-corrected chi connectivity index (χ4v) is 1.51. The summed E-state index contributed by atoms with van der Waals surface area (Å²) in [6, 6.07) is 11.3. The van der Waals surface area contributed by atoms with E-state index in [9.17, 15) is 4.79 Å². The van der Waals surface area contributed by atoms with Gasteiger partial charge in [0.15, 0.2) is 0 Å². The minimum atomic E-state index is -0.460. The van der Waals surface area contributed by atoms with Crippen molar-refractivity contribution in [2.45, 2.75) is 12.5 Å². The Morgan fingerprint density at radius 1 is 1.29 bits per heavy atom. The summed E-state index contributed by atoms with van der Waals surface area (Å²) in [5, 5.41) is 8.10. The Morgan fingerprint density at radius 3 is 2.71 bits per heavy atom. The van der Waals surface area contributed by atoms with Crippen LogP contribution in [0.5, 0.6) is 0 Å². The highest BCUT2D eigenvalue weighted by molar-refractivity contribution is 5.78. The third kappa shape index (κ3) is 3.62. The molecule has 0 amide bonds. The van der Waals surface area contributed by atoms with Crippen molar-refractivity contribution in [3.05, 3.63) is 42.1 Å². The molecule has 0 aliphatic rings. The van der Waals surface area contributed by atoms with Gasteiger partial charge in [-0.2, -0.15) is 0 Å². The lowest BCUT2D eigenvalue weighted by Crippen LogP contribution is -2.24. The number of carbonyl (C=O) groups excluding carboxylic acids is 1. The van der Waals surface area contributed by atoms with E-state index in [1.807, 2.05) is 36.4 Å². The molecule has 4 heteroatoms. The van der Waals surface area contributed by atoms with E-state index in [-0.39, 0.29) is 0 Å². The summed E-state index contributed by atoms with van der Waals surface area (Å²) < 4.78 is 0. The van der Waals surface area contributed by atoms with Crippen LogP contribution in [-0.4, -0.2) is 29.5 Å². The van der Waals surface area contributed by atoms with Crippen molar-refractivity contribution in [2.75, 3.05) is 7.11 Å². The number of aromatic nitrogens is 1. The number of benzene rings is 1. The van der Waals surface area contributed by atoms with Gasteiger partial charge in [0.05, 0.1) is 11.6 Å². The Kier molecular flexibility index (Phi) is 5.26. The number of hydrogen-bond acceptors (Lipinski definition) is 4. The predicted molar refractivity (Wildman–Crippen MR) is 67.6 cm³/mol. The Balaban J connectivity index is 0.000000686. The molecule has 0 bridgehead atoms. The van der Waals surface area contributed by atoms with Crippen LogP contribution < -0.4 is 5.73 Å². The van der Waals surface area contributed by atoms with Crippen molar-refractivity contribution in [2.24, 2.45) is 5.73 Å². The second kappa shape index (κ2) is 6.73. The van der Waals surface area contributed by atoms with Gasteiger partial charge in [0.1, 0.15) is 6.29 Å². The molecule has 0 fully saturated rings. The maximum atomic E-state index is 10.4. The van der Waals surface area contributed by atoms with Crippen molar-refractivity contribution in [1.82, 2.24) is 4.98 Å². The molecule has 0 aliphatic carbocycles. The number of hydrogen-bond donors (Lipinski definition) is 2. The number of carbonyl (C=O) groups is 1. The molecule has 1 atom stereocenters. The number of para-hydroxylation sites is 1. The average molecular weight is 232 g/mol. The van der Waals surface area contributed by atoms with Gasteiger partial charge in [-0.15, -0.1) is 0 Å². The number of aldehydes is 1. The van der Waals surface area contributed by atoms with E-state index in [1.165, 1.54) is 0 Å². The summed E-state index contributed by atoms with van der Waals surface area (Å²) in [5.74, 6) is 0. The van der Waals surface area contributed by atoms with Gasteiger partial charge in [0.25, 0.3) is 0 Å². The van der Waals surface area contributed by atoms with E-state index in [2.05, 4.69) is 4.98 Å². The second-order valence-corrected chi connectivity index (χ2v) is 3.50. The van der Waals surface area contributed by atoms with Crippen LogP contribution in [0, 0.1) is 0 Å². The molecule has 1 unspecified atom stereocenters. The van der Waals surface area contributed by atoms with Crippen LogP contribution in [0.25, 0.3) is 10.9 Å². The molecule has 2 rings (SSSR count). The van der Waals surface area contributed by atoms with Crippen LogP contribution in [-0.2, 0) is 11.2 Å². The smallest absolute Gasteiger partial charge is 0.137 e. The zero-order chi connectivity index (χ0) is 12.7. The third-order valence-corrected chi connectivity index (χ3v) is 2.28. The summed E-state index contributed by atoms with van der Waals surface area (Å²) >= 11 is 0. The Morgan fingerprint density at radius 2 is 2.00 bits per heavy atom. The molecule has 2 aromatic rings. The molecule has 0 saturated heterocycles. The van der Waals surface area contributed by atoms with Crippen molar-refractivity contribution in [3.8, 4) is 0 Å². The molecule has 1 aromatic carbocycles.